The fourth-order valence-corrected chi connectivity index (χ4v) is 4.10. The van der Waals surface area contributed by atoms with E-state index in [0.29, 0.717) is 48.0 Å². The van der Waals surface area contributed by atoms with E-state index in [9.17, 15) is 9.18 Å². The minimum absolute atomic E-state index is 0.00518. The van der Waals surface area contributed by atoms with Crippen LogP contribution in [0.15, 0.2) is 42.5 Å². The van der Waals surface area contributed by atoms with Crippen molar-refractivity contribution in [2.24, 2.45) is 0 Å². The number of carbonyl (C=O) groups excluding carboxylic acids is 1. The van der Waals surface area contributed by atoms with Gasteiger partial charge in [0.15, 0.2) is 0 Å². The first-order valence-electron chi connectivity index (χ1n) is 8.79. The molecule has 1 amide bonds. The fourth-order valence-electron chi connectivity index (χ4n) is 3.20. The number of hydrogen-bond donors (Lipinski definition) is 0. The maximum Gasteiger partial charge on any atom is 0.274 e. The monoisotopic (exact) mass is 386 g/mol. The summed E-state index contributed by atoms with van der Waals surface area (Å²) in [4.78, 5) is 18.7. The van der Waals surface area contributed by atoms with Crippen LogP contribution in [0.3, 0.4) is 0 Å². The van der Waals surface area contributed by atoms with E-state index in [1.807, 2.05) is 23.1 Å². The molecule has 4 rings (SSSR count). The second kappa shape index (κ2) is 7.52. The molecule has 0 saturated carbocycles. The Hall–Kier alpha value is -2.67. The highest BCUT2D eigenvalue weighted by molar-refractivity contribution is 7.20. The molecule has 0 unspecified atom stereocenters. The average molecular weight is 386 g/mol. The standard InChI is InChI=1S/C20H19FN2O3S/c1-25-15-5-2-4-13(12-15)19(24)23-10-8-14(9-11-23)26-20-22-18-16(21)6-3-7-17(18)27-20/h2-7,12,14H,8-11H2,1H3. The van der Waals surface area contributed by atoms with Gasteiger partial charge in [0.1, 0.15) is 23.2 Å². The summed E-state index contributed by atoms with van der Waals surface area (Å²) < 4.78 is 25.7. The molecule has 0 N–H and O–H groups in total. The lowest BCUT2D eigenvalue weighted by Crippen LogP contribution is -2.41. The number of aromatic nitrogens is 1. The Morgan fingerprint density at radius 1 is 1.22 bits per heavy atom. The van der Waals surface area contributed by atoms with Crippen LogP contribution in [0.5, 0.6) is 10.9 Å². The molecular weight excluding hydrogens is 367 g/mol. The first-order valence-corrected chi connectivity index (χ1v) is 9.61. The van der Waals surface area contributed by atoms with Crippen molar-refractivity contribution in [3.8, 4) is 10.9 Å². The Kier molecular flexibility index (Phi) is 4.94. The molecule has 1 fully saturated rings. The van der Waals surface area contributed by atoms with E-state index in [2.05, 4.69) is 4.98 Å². The summed E-state index contributed by atoms with van der Waals surface area (Å²) in [5, 5.41) is 0.479. The highest BCUT2D eigenvalue weighted by atomic mass is 32.1. The Balaban J connectivity index is 1.38. The molecule has 1 aromatic heterocycles. The number of likely N-dealkylation sites (tertiary alicyclic amines) is 1. The van der Waals surface area contributed by atoms with Gasteiger partial charge in [-0.15, -0.1) is 0 Å². The summed E-state index contributed by atoms with van der Waals surface area (Å²) in [5.74, 6) is 0.328. The van der Waals surface area contributed by atoms with Crippen LogP contribution in [-0.4, -0.2) is 42.1 Å². The highest BCUT2D eigenvalue weighted by Crippen LogP contribution is 2.31. The molecule has 0 spiro atoms. The third-order valence-electron chi connectivity index (χ3n) is 4.66. The third-order valence-corrected chi connectivity index (χ3v) is 5.57. The summed E-state index contributed by atoms with van der Waals surface area (Å²) in [6.07, 6.45) is 1.41. The number of rotatable bonds is 4. The van der Waals surface area contributed by atoms with Crippen LogP contribution in [0.2, 0.25) is 0 Å². The number of fused-ring (bicyclic) bond motifs is 1. The maximum absolute atomic E-state index is 13.8. The van der Waals surface area contributed by atoms with E-state index in [1.165, 1.54) is 17.4 Å². The van der Waals surface area contributed by atoms with Gasteiger partial charge >= 0.3 is 0 Å². The molecule has 27 heavy (non-hydrogen) atoms. The topological polar surface area (TPSA) is 51.7 Å². The molecular formula is C20H19FN2O3S. The van der Waals surface area contributed by atoms with E-state index in [4.69, 9.17) is 9.47 Å². The van der Waals surface area contributed by atoms with Crippen LogP contribution in [0, 0.1) is 5.82 Å². The number of piperidine rings is 1. The first kappa shape index (κ1) is 17.7. The van der Waals surface area contributed by atoms with Gasteiger partial charge in [0.2, 0.25) is 0 Å². The molecule has 3 aromatic rings. The zero-order valence-electron chi connectivity index (χ0n) is 14.9. The zero-order chi connectivity index (χ0) is 18.8. The zero-order valence-corrected chi connectivity index (χ0v) is 15.7. The van der Waals surface area contributed by atoms with Crippen molar-refractivity contribution in [1.82, 2.24) is 9.88 Å². The van der Waals surface area contributed by atoms with Crippen molar-refractivity contribution in [2.75, 3.05) is 20.2 Å². The Labute approximate surface area is 160 Å². The number of benzene rings is 2. The molecule has 2 heterocycles. The number of thiazole rings is 1. The molecule has 1 aliphatic rings. The smallest absolute Gasteiger partial charge is 0.274 e. The van der Waals surface area contributed by atoms with Crippen LogP contribution in [-0.2, 0) is 0 Å². The number of nitrogens with zero attached hydrogens (tertiary/aromatic N) is 2. The second-order valence-electron chi connectivity index (χ2n) is 6.41. The lowest BCUT2D eigenvalue weighted by atomic mass is 10.1. The average Bonchev–Trinajstić information content (AvgIpc) is 3.12. The first-order chi connectivity index (χ1) is 13.1. The minimum Gasteiger partial charge on any atom is -0.497 e. The lowest BCUT2D eigenvalue weighted by Gasteiger charge is -2.31. The van der Waals surface area contributed by atoms with Gasteiger partial charge in [-0.1, -0.05) is 23.5 Å². The third kappa shape index (κ3) is 3.73. The molecule has 0 aliphatic carbocycles. The van der Waals surface area contributed by atoms with Crippen LogP contribution < -0.4 is 9.47 Å². The van der Waals surface area contributed by atoms with E-state index < -0.39 is 0 Å². The number of ether oxygens (including phenoxy) is 2. The van der Waals surface area contributed by atoms with Crippen LogP contribution in [0.1, 0.15) is 23.2 Å². The van der Waals surface area contributed by atoms with Crippen molar-refractivity contribution in [3.05, 3.63) is 53.8 Å². The summed E-state index contributed by atoms with van der Waals surface area (Å²) >= 11 is 1.35. The summed E-state index contributed by atoms with van der Waals surface area (Å²) in [5.41, 5.74) is 0.971. The number of halogens is 1. The molecule has 140 valence electrons. The minimum atomic E-state index is -0.336. The van der Waals surface area contributed by atoms with Crippen molar-refractivity contribution in [2.45, 2.75) is 18.9 Å². The Morgan fingerprint density at radius 2 is 2.00 bits per heavy atom. The summed E-state index contributed by atoms with van der Waals surface area (Å²) in [6.45, 7) is 1.22. The van der Waals surface area contributed by atoms with Gasteiger partial charge in [-0.25, -0.2) is 4.39 Å². The predicted octanol–water partition coefficient (Wildman–Crippen LogP) is 4.13. The van der Waals surface area contributed by atoms with Crippen LogP contribution in [0.25, 0.3) is 10.2 Å². The largest absolute Gasteiger partial charge is 0.497 e. The number of hydrogen-bond acceptors (Lipinski definition) is 5. The van der Waals surface area contributed by atoms with E-state index in [0.717, 1.165) is 4.70 Å². The Bertz CT molecular complexity index is 967. The van der Waals surface area contributed by atoms with Gasteiger partial charge < -0.3 is 14.4 Å². The van der Waals surface area contributed by atoms with Crippen LogP contribution in [0.4, 0.5) is 4.39 Å². The molecule has 7 heteroatoms. The van der Waals surface area contributed by atoms with Gasteiger partial charge in [-0.3, -0.25) is 4.79 Å². The summed E-state index contributed by atoms with van der Waals surface area (Å²) in [6, 6.07) is 12.1. The van der Waals surface area contributed by atoms with Gasteiger partial charge in [-0.05, 0) is 30.3 Å². The number of amides is 1. The number of para-hydroxylation sites is 1. The molecule has 0 bridgehead atoms. The quantitative estimate of drug-likeness (QED) is 0.677. The van der Waals surface area contributed by atoms with Crippen molar-refractivity contribution in [1.29, 1.82) is 0 Å². The van der Waals surface area contributed by atoms with Gasteiger partial charge in [0, 0.05) is 31.5 Å². The van der Waals surface area contributed by atoms with Gasteiger partial charge in [0.25, 0.3) is 11.1 Å². The second-order valence-corrected chi connectivity index (χ2v) is 7.40. The molecule has 0 radical (unpaired) electrons. The van der Waals surface area contributed by atoms with Crippen molar-refractivity contribution < 1.29 is 18.7 Å². The predicted molar refractivity (Wildman–Crippen MR) is 102 cm³/mol. The van der Waals surface area contributed by atoms with Crippen molar-refractivity contribution >= 4 is 27.5 Å². The Morgan fingerprint density at radius 3 is 2.74 bits per heavy atom. The van der Waals surface area contributed by atoms with Gasteiger partial charge in [0.05, 0.1) is 11.8 Å². The van der Waals surface area contributed by atoms with E-state index in [-0.39, 0.29) is 17.8 Å². The molecule has 0 atom stereocenters. The molecule has 1 aliphatic heterocycles. The lowest BCUT2D eigenvalue weighted by molar-refractivity contribution is 0.0595. The van der Waals surface area contributed by atoms with Gasteiger partial charge in [-0.2, -0.15) is 4.98 Å². The van der Waals surface area contributed by atoms with Crippen molar-refractivity contribution in [3.63, 3.8) is 0 Å². The van der Waals surface area contributed by atoms with E-state index in [1.54, 1.807) is 25.3 Å². The highest BCUT2D eigenvalue weighted by Gasteiger charge is 2.25. The van der Waals surface area contributed by atoms with Crippen LogP contribution >= 0.6 is 11.3 Å². The molecule has 5 nitrogen and oxygen atoms in total. The SMILES string of the molecule is COc1cccc(C(=O)N2CCC(Oc3nc4c(F)cccc4s3)CC2)c1. The maximum atomic E-state index is 13.8. The summed E-state index contributed by atoms with van der Waals surface area (Å²) in [7, 11) is 1.58. The normalized spacial score (nSPS) is 15.1. The molecule has 1 saturated heterocycles. The number of carbonyl (C=O) groups is 1. The fraction of sp³-hybridized carbons (Fsp3) is 0.300. The number of methoxy groups -OCH3 is 1. The van der Waals surface area contributed by atoms with E-state index >= 15 is 0 Å². The molecule has 2 aromatic carbocycles.